The zero-order valence-corrected chi connectivity index (χ0v) is 15.1. The number of hydrogen-bond acceptors (Lipinski definition) is 4. The number of carbonyl (C=O) groups excluding carboxylic acids is 2. The van der Waals surface area contributed by atoms with Crippen LogP contribution in [0.15, 0.2) is 48.5 Å². The van der Waals surface area contributed by atoms with Crippen LogP contribution in [-0.4, -0.2) is 31.6 Å². The molecule has 26 heavy (non-hydrogen) atoms. The van der Waals surface area contributed by atoms with Gasteiger partial charge in [0, 0.05) is 12.2 Å². The molecular formula is C21H23NO4. The molecule has 1 aliphatic heterocycles. The minimum atomic E-state index is -0.813. The largest absolute Gasteiger partial charge is 0.497 e. The van der Waals surface area contributed by atoms with E-state index < -0.39 is 12.1 Å². The molecule has 1 heterocycles. The first-order chi connectivity index (χ1) is 12.6. The molecule has 5 nitrogen and oxygen atoms in total. The van der Waals surface area contributed by atoms with E-state index in [4.69, 9.17) is 9.47 Å². The molecule has 0 aliphatic carbocycles. The molecule has 0 spiro atoms. The van der Waals surface area contributed by atoms with Gasteiger partial charge in [-0.05, 0) is 49.1 Å². The maximum Gasteiger partial charge on any atom is 0.311 e. The molecule has 0 aromatic heterocycles. The first-order valence-corrected chi connectivity index (χ1v) is 8.80. The van der Waals surface area contributed by atoms with E-state index in [1.54, 1.807) is 31.1 Å². The third-order valence-electron chi connectivity index (χ3n) is 4.54. The molecule has 0 radical (unpaired) electrons. The van der Waals surface area contributed by atoms with E-state index in [0.29, 0.717) is 6.54 Å². The van der Waals surface area contributed by atoms with Crippen LogP contribution in [0.1, 0.15) is 24.5 Å². The standard InChI is InChI=1S/C21H23NO4/c1-15(26-20(23)14-16-9-11-18(25-2)12-10-16)21(24)22-13-5-7-17-6-3-4-8-19(17)22/h3-4,6,8-12,15H,5,7,13-14H2,1-2H3. The van der Waals surface area contributed by atoms with Crippen molar-refractivity contribution >= 4 is 17.6 Å². The van der Waals surface area contributed by atoms with Crippen molar-refractivity contribution < 1.29 is 19.1 Å². The van der Waals surface area contributed by atoms with Gasteiger partial charge >= 0.3 is 5.97 Å². The van der Waals surface area contributed by atoms with Gasteiger partial charge in [-0.3, -0.25) is 9.59 Å². The third-order valence-corrected chi connectivity index (χ3v) is 4.54. The number of esters is 1. The number of fused-ring (bicyclic) bond motifs is 1. The van der Waals surface area contributed by atoms with E-state index in [0.717, 1.165) is 35.4 Å². The van der Waals surface area contributed by atoms with E-state index in [9.17, 15) is 9.59 Å². The molecule has 136 valence electrons. The average molecular weight is 353 g/mol. The Bertz CT molecular complexity index is 785. The lowest BCUT2D eigenvalue weighted by Crippen LogP contribution is -2.42. The van der Waals surface area contributed by atoms with Crippen molar-refractivity contribution in [3.8, 4) is 5.75 Å². The summed E-state index contributed by atoms with van der Waals surface area (Å²) >= 11 is 0. The molecule has 1 unspecified atom stereocenters. The van der Waals surface area contributed by atoms with Gasteiger partial charge in [0.15, 0.2) is 6.10 Å². The number of para-hydroxylation sites is 1. The number of amides is 1. The molecule has 1 amide bonds. The van der Waals surface area contributed by atoms with Gasteiger partial charge in [-0.25, -0.2) is 0 Å². The molecule has 5 heteroatoms. The Labute approximate surface area is 153 Å². The number of aryl methyl sites for hydroxylation is 1. The Hall–Kier alpha value is -2.82. The lowest BCUT2D eigenvalue weighted by atomic mass is 10.0. The average Bonchev–Trinajstić information content (AvgIpc) is 2.67. The second-order valence-electron chi connectivity index (χ2n) is 6.38. The minimum absolute atomic E-state index is 0.123. The summed E-state index contributed by atoms with van der Waals surface area (Å²) in [6.07, 6.45) is 1.19. The number of carbonyl (C=O) groups is 2. The predicted molar refractivity (Wildman–Crippen MR) is 99.4 cm³/mol. The van der Waals surface area contributed by atoms with Crippen LogP contribution in [0.25, 0.3) is 0 Å². The fourth-order valence-corrected chi connectivity index (χ4v) is 3.18. The summed E-state index contributed by atoms with van der Waals surface area (Å²) < 4.78 is 10.5. The van der Waals surface area contributed by atoms with Crippen LogP contribution >= 0.6 is 0 Å². The Morgan fingerprint density at radius 1 is 1.12 bits per heavy atom. The maximum absolute atomic E-state index is 12.8. The maximum atomic E-state index is 12.8. The molecule has 2 aromatic carbocycles. The van der Waals surface area contributed by atoms with Crippen molar-refractivity contribution in [3.05, 3.63) is 59.7 Å². The summed E-state index contributed by atoms with van der Waals surface area (Å²) in [5.41, 5.74) is 2.89. The summed E-state index contributed by atoms with van der Waals surface area (Å²) in [5.74, 6) is 0.135. The Kier molecular flexibility index (Phi) is 5.56. The number of benzene rings is 2. The highest BCUT2D eigenvalue weighted by Crippen LogP contribution is 2.27. The van der Waals surface area contributed by atoms with Crippen molar-refractivity contribution in [1.82, 2.24) is 0 Å². The highest BCUT2D eigenvalue weighted by Gasteiger charge is 2.28. The van der Waals surface area contributed by atoms with Crippen molar-refractivity contribution in [2.75, 3.05) is 18.6 Å². The van der Waals surface area contributed by atoms with Crippen LogP contribution in [0.4, 0.5) is 5.69 Å². The zero-order chi connectivity index (χ0) is 18.5. The summed E-state index contributed by atoms with van der Waals surface area (Å²) in [6, 6.07) is 15.1. The Morgan fingerprint density at radius 2 is 1.85 bits per heavy atom. The van der Waals surface area contributed by atoms with Gasteiger partial charge in [-0.15, -0.1) is 0 Å². The number of hydrogen-bond donors (Lipinski definition) is 0. The van der Waals surface area contributed by atoms with Crippen LogP contribution in [0.3, 0.4) is 0 Å². The highest BCUT2D eigenvalue weighted by atomic mass is 16.5. The van der Waals surface area contributed by atoms with Crippen molar-refractivity contribution in [2.24, 2.45) is 0 Å². The molecule has 0 saturated carbocycles. The fraction of sp³-hybridized carbons (Fsp3) is 0.333. The molecule has 0 bridgehead atoms. The number of nitrogens with zero attached hydrogens (tertiary/aromatic N) is 1. The van der Waals surface area contributed by atoms with Gasteiger partial charge in [0.05, 0.1) is 13.5 Å². The lowest BCUT2D eigenvalue weighted by Gasteiger charge is -2.31. The third kappa shape index (κ3) is 4.04. The van der Waals surface area contributed by atoms with Crippen LogP contribution in [0.5, 0.6) is 5.75 Å². The predicted octanol–water partition coefficient (Wildman–Crippen LogP) is 3.15. The van der Waals surface area contributed by atoms with Crippen LogP contribution in [0, 0.1) is 0 Å². The van der Waals surface area contributed by atoms with E-state index in [1.807, 2.05) is 36.4 Å². The number of methoxy groups -OCH3 is 1. The summed E-state index contributed by atoms with van der Waals surface area (Å²) in [6.45, 7) is 2.28. The van der Waals surface area contributed by atoms with E-state index in [1.165, 1.54) is 0 Å². The van der Waals surface area contributed by atoms with Crippen LogP contribution < -0.4 is 9.64 Å². The molecule has 2 aromatic rings. The molecule has 0 N–H and O–H groups in total. The summed E-state index contributed by atoms with van der Waals surface area (Å²) in [5, 5.41) is 0. The fourth-order valence-electron chi connectivity index (χ4n) is 3.18. The van der Waals surface area contributed by atoms with Crippen LogP contribution in [-0.2, 0) is 27.2 Å². The van der Waals surface area contributed by atoms with Gasteiger partial charge in [-0.2, -0.15) is 0 Å². The normalized spacial score (nSPS) is 14.3. The zero-order valence-electron chi connectivity index (χ0n) is 15.1. The molecular weight excluding hydrogens is 330 g/mol. The molecule has 0 saturated heterocycles. The Morgan fingerprint density at radius 3 is 2.58 bits per heavy atom. The second-order valence-corrected chi connectivity index (χ2v) is 6.38. The van der Waals surface area contributed by atoms with E-state index in [2.05, 4.69) is 0 Å². The molecule has 1 aliphatic rings. The monoisotopic (exact) mass is 353 g/mol. The molecule has 0 fully saturated rings. The molecule has 3 rings (SSSR count). The summed E-state index contributed by atoms with van der Waals surface area (Å²) in [7, 11) is 1.59. The van der Waals surface area contributed by atoms with Crippen LogP contribution in [0.2, 0.25) is 0 Å². The summed E-state index contributed by atoms with van der Waals surface area (Å²) in [4.78, 5) is 26.7. The lowest BCUT2D eigenvalue weighted by molar-refractivity contribution is -0.153. The van der Waals surface area contributed by atoms with E-state index >= 15 is 0 Å². The quantitative estimate of drug-likeness (QED) is 0.775. The first-order valence-electron chi connectivity index (χ1n) is 8.80. The minimum Gasteiger partial charge on any atom is -0.497 e. The number of ether oxygens (including phenoxy) is 2. The highest BCUT2D eigenvalue weighted by molar-refractivity contribution is 5.98. The van der Waals surface area contributed by atoms with Gasteiger partial charge in [0.2, 0.25) is 0 Å². The Balaban J connectivity index is 1.61. The molecule has 1 atom stereocenters. The van der Waals surface area contributed by atoms with Crippen molar-refractivity contribution in [2.45, 2.75) is 32.3 Å². The first kappa shape index (κ1) is 18.0. The van der Waals surface area contributed by atoms with Crippen molar-refractivity contribution in [1.29, 1.82) is 0 Å². The smallest absolute Gasteiger partial charge is 0.311 e. The number of anilines is 1. The van der Waals surface area contributed by atoms with Gasteiger partial charge in [-0.1, -0.05) is 30.3 Å². The second kappa shape index (κ2) is 8.04. The topological polar surface area (TPSA) is 55.8 Å². The van der Waals surface area contributed by atoms with Gasteiger partial charge < -0.3 is 14.4 Å². The van der Waals surface area contributed by atoms with Crippen molar-refractivity contribution in [3.63, 3.8) is 0 Å². The van der Waals surface area contributed by atoms with E-state index in [-0.39, 0.29) is 12.3 Å². The SMILES string of the molecule is COc1ccc(CC(=O)OC(C)C(=O)N2CCCc3ccccc32)cc1. The van der Waals surface area contributed by atoms with Gasteiger partial charge in [0.25, 0.3) is 5.91 Å². The number of rotatable bonds is 5. The van der Waals surface area contributed by atoms with Gasteiger partial charge in [0.1, 0.15) is 5.75 Å².